The molecule has 6 heteroatoms. The molecule has 4 nitrogen and oxygen atoms in total. The molecular weight excluding hydrogens is 404 g/mol. The summed E-state index contributed by atoms with van der Waals surface area (Å²) in [6, 6.07) is 15.8. The second kappa shape index (κ2) is 8.28. The maximum Gasteiger partial charge on any atom is 0.198 e. The van der Waals surface area contributed by atoms with Gasteiger partial charge >= 0.3 is 0 Å². The summed E-state index contributed by atoms with van der Waals surface area (Å²) in [5.74, 6) is -0.297. The highest BCUT2D eigenvalue weighted by Gasteiger charge is 2.61. The van der Waals surface area contributed by atoms with Gasteiger partial charge in [0.1, 0.15) is 0 Å². The highest BCUT2D eigenvalue weighted by Crippen LogP contribution is 2.53. The lowest BCUT2D eigenvalue weighted by Gasteiger charge is -2.29. The fourth-order valence-electron chi connectivity index (χ4n) is 4.30. The molecule has 0 N–H and O–H groups in total. The SMILES string of the molecule is C=CCC[C@H]1CC(S(=O)(=O)c2ccccc2)(S(=O)(=O)c2ccccc2)C[C@@H]1C=C. The first-order valence-electron chi connectivity index (χ1n) is 9.63. The molecule has 2 atom stereocenters. The highest BCUT2D eigenvalue weighted by atomic mass is 32.3. The third kappa shape index (κ3) is 3.60. The van der Waals surface area contributed by atoms with Gasteiger partial charge in [0.2, 0.25) is 0 Å². The number of hydrogen-bond donors (Lipinski definition) is 0. The van der Waals surface area contributed by atoms with E-state index in [1.807, 2.05) is 0 Å². The Bertz CT molecular complexity index is 1000. The van der Waals surface area contributed by atoms with Crippen molar-refractivity contribution in [3.63, 3.8) is 0 Å². The van der Waals surface area contributed by atoms with Crippen LogP contribution in [0.4, 0.5) is 0 Å². The summed E-state index contributed by atoms with van der Waals surface area (Å²) in [5, 5.41) is 0. The molecule has 0 aromatic heterocycles. The van der Waals surface area contributed by atoms with Gasteiger partial charge < -0.3 is 0 Å². The minimum atomic E-state index is -4.17. The molecular formula is C23H26O4S2. The van der Waals surface area contributed by atoms with E-state index in [-0.39, 0.29) is 34.5 Å². The molecule has 0 radical (unpaired) electrons. The number of sulfone groups is 2. The molecule has 0 spiro atoms. The van der Waals surface area contributed by atoms with Gasteiger partial charge in [-0.25, -0.2) is 16.8 Å². The first-order chi connectivity index (χ1) is 13.8. The summed E-state index contributed by atoms with van der Waals surface area (Å²) in [4.78, 5) is 0.0679. The van der Waals surface area contributed by atoms with Crippen molar-refractivity contribution in [1.82, 2.24) is 0 Å². The molecule has 0 amide bonds. The van der Waals surface area contributed by atoms with Crippen LogP contribution in [0.5, 0.6) is 0 Å². The number of allylic oxidation sites excluding steroid dienone is 2. The van der Waals surface area contributed by atoms with E-state index in [1.165, 1.54) is 24.3 Å². The van der Waals surface area contributed by atoms with Gasteiger partial charge in [0.25, 0.3) is 0 Å². The van der Waals surface area contributed by atoms with Gasteiger partial charge in [-0.15, -0.1) is 13.2 Å². The van der Waals surface area contributed by atoms with Gasteiger partial charge in [-0.05, 0) is 61.8 Å². The van der Waals surface area contributed by atoms with E-state index in [0.717, 1.165) is 0 Å². The summed E-state index contributed by atoms with van der Waals surface area (Å²) in [6.45, 7) is 7.60. The zero-order valence-corrected chi connectivity index (χ0v) is 17.9. The van der Waals surface area contributed by atoms with Crippen LogP contribution in [0, 0.1) is 11.8 Å². The molecule has 0 bridgehead atoms. The summed E-state index contributed by atoms with van der Waals surface area (Å²) >= 11 is 0. The van der Waals surface area contributed by atoms with Gasteiger partial charge in [-0.3, -0.25) is 0 Å². The van der Waals surface area contributed by atoms with Crippen LogP contribution in [-0.4, -0.2) is 20.9 Å². The quantitative estimate of drug-likeness (QED) is 0.564. The molecule has 154 valence electrons. The lowest BCUT2D eigenvalue weighted by molar-refractivity contribution is 0.429. The van der Waals surface area contributed by atoms with Crippen molar-refractivity contribution >= 4 is 19.7 Å². The second-order valence-corrected chi connectivity index (χ2v) is 12.3. The molecule has 2 aromatic rings. The highest BCUT2D eigenvalue weighted by molar-refractivity contribution is 8.10. The molecule has 1 aliphatic carbocycles. The summed E-state index contributed by atoms with van der Waals surface area (Å²) in [5.41, 5.74) is 0. The molecule has 0 aliphatic heterocycles. The Labute approximate surface area is 173 Å². The van der Waals surface area contributed by atoms with Gasteiger partial charge in [0, 0.05) is 0 Å². The van der Waals surface area contributed by atoms with E-state index >= 15 is 0 Å². The first kappa shape index (κ1) is 21.5. The third-order valence-corrected chi connectivity index (χ3v) is 11.6. The Morgan fingerprint density at radius 3 is 1.72 bits per heavy atom. The molecule has 3 rings (SSSR count). The average Bonchev–Trinajstić information content (AvgIpc) is 3.14. The van der Waals surface area contributed by atoms with Gasteiger partial charge in [0.15, 0.2) is 23.8 Å². The van der Waals surface area contributed by atoms with Crippen LogP contribution < -0.4 is 0 Å². The first-order valence-corrected chi connectivity index (χ1v) is 12.6. The second-order valence-electron chi connectivity index (χ2n) is 7.48. The molecule has 2 aromatic carbocycles. The average molecular weight is 431 g/mol. The van der Waals surface area contributed by atoms with Crippen molar-refractivity contribution in [3.05, 3.63) is 86.0 Å². The number of hydrogen-bond acceptors (Lipinski definition) is 4. The van der Waals surface area contributed by atoms with Crippen molar-refractivity contribution in [2.45, 2.75) is 39.6 Å². The molecule has 0 unspecified atom stereocenters. The zero-order chi connectivity index (χ0) is 21.1. The van der Waals surface area contributed by atoms with E-state index in [2.05, 4.69) is 13.2 Å². The van der Waals surface area contributed by atoms with Crippen molar-refractivity contribution in [1.29, 1.82) is 0 Å². The third-order valence-electron chi connectivity index (χ3n) is 5.86. The number of benzene rings is 2. The van der Waals surface area contributed by atoms with Crippen molar-refractivity contribution in [2.75, 3.05) is 0 Å². The van der Waals surface area contributed by atoms with Crippen molar-refractivity contribution in [2.24, 2.45) is 11.8 Å². The minimum Gasteiger partial charge on any atom is -0.222 e. The molecule has 29 heavy (non-hydrogen) atoms. The van der Waals surface area contributed by atoms with Crippen LogP contribution in [0.15, 0.2) is 95.8 Å². The summed E-state index contributed by atoms with van der Waals surface area (Å²) in [6.07, 6.45) is 4.91. The minimum absolute atomic E-state index is 0.00671. The van der Waals surface area contributed by atoms with Gasteiger partial charge in [-0.1, -0.05) is 48.6 Å². The lowest BCUT2D eigenvalue weighted by Crippen LogP contribution is -2.44. The molecule has 1 fully saturated rings. The fraction of sp³-hybridized carbons (Fsp3) is 0.304. The molecule has 1 saturated carbocycles. The predicted octanol–water partition coefficient (Wildman–Crippen LogP) is 4.81. The lowest BCUT2D eigenvalue weighted by atomic mass is 9.92. The van der Waals surface area contributed by atoms with Crippen molar-refractivity contribution in [3.8, 4) is 0 Å². The van der Waals surface area contributed by atoms with E-state index < -0.39 is 23.8 Å². The van der Waals surface area contributed by atoms with Crippen LogP contribution in [0.2, 0.25) is 0 Å². The largest absolute Gasteiger partial charge is 0.222 e. The maximum absolute atomic E-state index is 13.8. The Balaban J connectivity index is 2.23. The van der Waals surface area contributed by atoms with Gasteiger partial charge in [-0.2, -0.15) is 0 Å². The van der Waals surface area contributed by atoms with Crippen LogP contribution >= 0.6 is 0 Å². The fourth-order valence-corrected chi connectivity index (χ4v) is 9.61. The normalized spacial score (nSPS) is 21.5. The predicted molar refractivity (Wildman–Crippen MR) is 116 cm³/mol. The maximum atomic E-state index is 13.8. The van der Waals surface area contributed by atoms with Crippen LogP contribution in [0.1, 0.15) is 25.7 Å². The van der Waals surface area contributed by atoms with E-state index in [0.29, 0.717) is 12.8 Å². The molecule has 0 saturated heterocycles. The van der Waals surface area contributed by atoms with Crippen LogP contribution in [0.25, 0.3) is 0 Å². The zero-order valence-electron chi connectivity index (χ0n) is 16.3. The van der Waals surface area contributed by atoms with E-state index in [4.69, 9.17) is 0 Å². The Morgan fingerprint density at radius 1 is 0.828 bits per heavy atom. The standard InChI is InChI=1S/C23H26O4S2/c1-3-5-12-20-18-23(17-19(20)4-2,28(24,25)21-13-8-6-9-14-21)29(26,27)22-15-10-7-11-16-22/h3-4,6-11,13-16,19-20H,1-2,5,12,17-18H2/t19-,20-/m0/s1. The van der Waals surface area contributed by atoms with Crippen LogP contribution in [-0.2, 0) is 19.7 Å². The molecule has 0 heterocycles. The topological polar surface area (TPSA) is 68.3 Å². The Hall–Kier alpha value is -2.18. The monoisotopic (exact) mass is 430 g/mol. The number of rotatable bonds is 8. The van der Waals surface area contributed by atoms with Gasteiger partial charge in [0.05, 0.1) is 9.79 Å². The van der Waals surface area contributed by atoms with Crippen molar-refractivity contribution < 1.29 is 16.8 Å². The Morgan fingerprint density at radius 2 is 1.31 bits per heavy atom. The summed E-state index contributed by atoms with van der Waals surface area (Å²) < 4.78 is 53.4. The smallest absolute Gasteiger partial charge is 0.198 e. The summed E-state index contributed by atoms with van der Waals surface area (Å²) in [7, 11) is -8.34. The molecule has 1 aliphatic rings. The Kier molecular flexibility index (Phi) is 6.15. The van der Waals surface area contributed by atoms with E-state index in [9.17, 15) is 16.8 Å². The van der Waals surface area contributed by atoms with Crippen LogP contribution in [0.3, 0.4) is 0 Å². The van der Waals surface area contributed by atoms with E-state index in [1.54, 1.807) is 48.6 Å².